The number of hydrogen-bond donors (Lipinski definition) is 2. The molecule has 1 aliphatic heterocycles. The van der Waals surface area contributed by atoms with Crippen molar-refractivity contribution in [3.05, 3.63) is 17.6 Å². The third-order valence-corrected chi connectivity index (χ3v) is 3.67. The summed E-state index contributed by atoms with van der Waals surface area (Å²) in [5.41, 5.74) is 1.02. The molecule has 1 fully saturated rings. The van der Waals surface area contributed by atoms with Gasteiger partial charge in [0.2, 0.25) is 0 Å². The van der Waals surface area contributed by atoms with E-state index in [1.807, 2.05) is 13.0 Å². The molecule has 1 aromatic heterocycles. The van der Waals surface area contributed by atoms with Gasteiger partial charge in [-0.25, -0.2) is 9.97 Å². The van der Waals surface area contributed by atoms with E-state index in [1.165, 1.54) is 0 Å². The molecule has 0 amide bonds. The van der Waals surface area contributed by atoms with Gasteiger partial charge in [0.05, 0.1) is 6.10 Å². The smallest absolute Gasteiger partial charge is 0.130 e. The average Bonchev–Trinajstić information content (AvgIpc) is 2.41. The molecule has 5 nitrogen and oxygen atoms in total. The summed E-state index contributed by atoms with van der Waals surface area (Å²) < 4.78 is 0. The molecule has 1 saturated heterocycles. The summed E-state index contributed by atoms with van der Waals surface area (Å²) in [6.07, 6.45) is 3.69. The van der Waals surface area contributed by atoms with Crippen LogP contribution in [0.25, 0.3) is 0 Å². The lowest BCUT2D eigenvalue weighted by Gasteiger charge is -2.29. The van der Waals surface area contributed by atoms with E-state index in [-0.39, 0.29) is 6.10 Å². The third-order valence-electron chi connectivity index (χ3n) is 3.67. The molecule has 2 heterocycles. The van der Waals surface area contributed by atoms with E-state index in [0.29, 0.717) is 0 Å². The quantitative estimate of drug-likeness (QED) is 0.828. The van der Waals surface area contributed by atoms with Crippen LogP contribution in [0.1, 0.15) is 37.7 Å². The van der Waals surface area contributed by atoms with Crippen molar-refractivity contribution in [3.8, 4) is 0 Å². The summed E-state index contributed by atoms with van der Waals surface area (Å²) in [5.74, 6) is 1.86. The lowest BCUT2D eigenvalue weighted by molar-refractivity contribution is 0.0845. The van der Waals surface area contributed by atoms with E-state index in [1.54, 1.807) is 0 Å². The number of aliphatic hydroxyl groups is 1. The van der Waals surface area contributed by atoms with E-state index < -0.39 is 0 Å². The van der Waals surface area contributed by atoms with Crippen LogP contribution in [0.3, 0.4) is 0 Å². The maximum atomic E-state index is 9.48. The van der Waals surface area contributed by atoms with Crippen LogP contribution in [0.5, 0.6) is 0 Å². The van der Waals surface area contributed by atoms with Crippen LogP contribution in [-0.4, -0.2) is 52.3 Å². The first-order chi connectivity index (χ1) is 9.67. The Morgan fingerprint density at radius 1 is 1.35 bits per heavy atom. The highest BCUT2D eigenvalue weighted by molar-refractivity contribution is 5.35. The van der Waals surface area contributed by atoms with Crippen molar-refractivity contribution in [2.75, 3.05) is 31.5 Å². The van der Waals surface area contributed by atoms with Gasteiger partial charge < -0.3 is 15.3 Å². The fraction of sp³-hybridized carbons (Fsp3) is 0.733. The van der Waals surface area contributed by atoms with E-state index in [0.717, 1.165) is 69.2 Å². The summed E-state index contributed by atoms with van der Waals surface area (Å²) in [4.78, 5) is 11.4. The maximum Gasteiger partial charge on any atom is 0.130 e. The number of aromatic nitrogens is 2. The Balaban J connectivity index is 1.78. The normalized spacial score (nSPS) is 17.4. The fourth-order valence-electron chi connectivity index (χ4n) is 2.54. The number of hydrogen-bond acceptors (Lipinski definition) is 5. The zero-order chi connectivity index (χ0) is 14.4. The molecule has 0 radical (unpaired) electrons. The largest absolute Gasteiger partial charge is 0.393 e. The van der Waals surface area contributed by atoms with Crippen molar-refractivity contribution < 1.29 is 5.11 Å². The van der Waals surface area contributed by atoms with Gasteiger partial charge in [-0.1, -0.05) is 6.92 Å². The highest BCUT2D eigenvalue weighted by atomic mass is 16.3. The Morgan fingerprint density at radius 2 is 2.10 bits per heavy atom. The molecule has 5 heteroatoms. The molecule has 2 rings (SSSR count). The highest BCUT2D eigenvalue weighted by Gasteiger charge is 2.16. The molecule has 20 heavy (non-hydrogen) atoms. The van der Waals surface area contributed by atoms with Crippen molar-refractivity contribution in [1.29, 1.82) is 0 Å². The molecule has 0 bridgehead atoms. The molecule has 1 aromatic rings. The molecule has 0 spiro atoms. The van der Waals surface area contributed by atoms with Crippen LogP contribution in [0.2, 0.25) is 0 Å². The fourth-order valence-corrected chi connectivity index (χ4v) is 2.54. The van der Waals surface area contributed by atoms with Gasteiger partial charge in [0.15, 0.2) is 0 Å². The summed E-state index contributed by atoms with van der Waals surface area (Å²) in [6, 6.07) is 2.00. The number of aryl methyl sites for hydroxylation is 2. The first kappa shape index (κ1) is 15.2. The zero-order valence-electron chi connectivity index (χ0n) is 12.6. The minimum absolute atomic E-state index is 0.0969. The van der Waals surface area contributed by atoms with Crippen LogP contribution >= 0.6 is 0 Å². The average molecular weight is 278 g/mol. The van der Waals surface area contributed by atoms with E-state index in [2.05, 4.69) is 27.1 Å². The number of aliphatic hydroxyl groups excluding tert-OH is 1. The molecule has 0 unspecified atom stereocenters. The van der Waals surface area contributed by atoms with Gasteiger partial charge in [0, 0.05) is 44.4 Å². The number of rotatable bonds is 6. The van der Waals surface area contributed by atoms with Crippen LogP contribution < -0.4 is 5.32 Å². The van der Waals surface area contributed by atoms with Crippen LogP contribution in [0.4, 0.5) is 5.82 Å². The van der Waals surface area contributed by atoms with Gasteiger partial charge in [-0.15, -0.1) is 0 Å². The zero-order valence-corrected chi connectivity index (χ0v) is 12.6. The summed E-state index contributed by atoms with van der Waals surface area (Å²) in [7, 11) is 0. The Bertz CT molecular complexity index is 416. The van der Waals surface area contributed by atoms with E-state index in [4.69, 9.17) is 0 Å². The van der Waals surface area contributed by atoms with Gasteiger partial charge >= 0.3 is 0 Å². The van der Waals surface area contributed by atoms with E-state index in [9.17, 15) is 5.11 Å². The van der Waals surface area contributed by atoms with Crippen molar-refractivity contribution in [1.82, 2.24) is 14.9 Å². The second kappa shape index (κ2) is 7.55. The Hall–Kier alpha value is -1.20. The highest BCUT2D eigenvalue weighted by Crippen LogP contribution is 2.10. The summed E-state index contributed by atoms with van der Waals surface area (Å²) in [6.45, 7) is 8.03. The van der Waals surface area contributed by atoms with Crippen molar-refractivity contribution in [2.24, 2.45) is 0 Å². The number of nitrogens with one attached hydrogen (secondary N) is 1. The minimum Gasteiger partial charge on any atom is -0.393 e. The minimum atomic E-state index is -0.0969. The lowest BCUT2D eigenvalue weighted by atomic mass is 10.1. The number of anilines is 1. The van der Waals surface area contributed by atoms with Gasteiger partial charge in [0.1, 0.15) is 11.6 Å². The standard InChI is InChI=1S/C15H26N4O/c1-3-4-14-17-12(2)11-15(18-14)16-7-10-19-8-5-13(20)6-9-19/h11,13,20H,3-10H2,1-2H3,(H,16,17,18). The Morgan fingerprint density at radius 3 is 2.80 bits per heavy atom. The van der Waals surface area contributed by atoms with Gasteiger partial charge in [-0.2, -0.15) is 0 Å². The monoisotopic (exact) mass is 278 g/mol. The van der Waals surface area contributed by atoms with Crippen LogP contribution in [0, 0.1) is 6.92 Å². The lowest BCUT2D eigenvalue weighted by Crippen LogP contribution is -2.38. The number of likely N-dealkylation sites (tertiary alicyclic amines) is 1. The molecule has 112 valence electrons. The molecular formula is C15H26N4O. The van der Waals surface area contributed by atoms with Crippen molar-refractivity contribution in [3.63, 3.8) is 0 Å². The second-order valence-electron chi connectivity index (χ2n) is 5.56. The molecule has 1 aliphatic rings. The topological polar surface area (TPSA) is 61.3 Å². The third kappa shape index (κ3) is 4.72. The molecule has 0 aliphatic carbocycles. The van der Waals surface area contributed by atoms with Gasteiger partial charge in [0.25, 0.3) is 0 Å². The van der Waals surface area contributed by atoms with Crippen LogP contribution in [-0.2, 0) is 6.42 Å². The molecule has 0 atom stereocenters. The van der Waals surface area contributed by atoms with Crippen molar-refractivity contribution in [2.45, 2.75) is 45.6 Å². The van der Waals surface area contributed by atoms with E-state index >= 15 is 0 Å². The van der Waals surface area contributed by atoms with Crippen LogP contribution in [0.15, 0.2) is 6.07 Å². The van der Waals surface area contributed by atoms with Gasteiger partial charge in [-0.3, -0.25) is 0 Å². The molecule has 2 N–H and O–H groups in total. The molecular weight excluding hydrogens is 252 g/mol. The summed E-state index contributed by atoms with van der Waals surface area (Å²) in [5, 5.41) is 12.9. The predicted molar refractivity (Wildman–Crippen MR) is 80.9 cm³/mol. The van der Waals surface area contributed by atoms with Gasteiger partial charge in [-0.05, 0) is 26.2 Å². The SMILES string of the molecule is CCCc1nc(C)cc(NCCN2CCC(O)CC2)n1. The second-order valence-corrected chi connectivity index (χ2v) is 5.56. The van der Waals surface area contributed by atoms with Crippen molar-refractivity contribution >= 4 is 5.82 Å². The first-order valence-electron chi connectivity index (χ1n) is 7.66. The number of nitrogens with zero attached hydrogens (tertiary/aromatic N) is 3. The molecule has 0 saturated carbocycles. The Kier molecular flexibility index (Phi) is 5.73. The Labute approximate surface area is 121 Å². The maximum absolute atomic E-state index is 9.48. The summed E-state index contributed by atoms with van der Waals surface area (Å²) >= 11 is 0. The number of piperidine rings is 1. The predicted octanol–water partition coefficient (Wildman–Crippen LogP) is 1.61. The first-order valence-corrected chi connectivity index (χ1v) is 7.66. The molecule has 0 aromatic carbocycles.